The maximum absolute atomic E-state index is 4.58. The summed E-state index contributed by atoms with van der Waals surface area (Å²) in [6.07, 6.45) is 12.8. The molecule has 0 aromatic heterocycles. The maximum atomic E-state index is 4.58. The van der Waals surface area contributed by atoms with Crippen LogP contribution in [0.3, 0.4) is 0 Å². The van der Waals surface area contributed by atoms with Gasteiger partial charge in [-0.1, -0.05) is 141 Å². The molecule has 0 saturated heterocycles. The number of aryl methyl sites for hydroxylation is 1. The van der Waals surface area contributed by atoms with Crippen molar-refractivity contribution in [1.82, 2.24) is 0 Å². The first-order valence-corrected chi connectivity index (χ1v) is 14.5. The van der Waals surface area contributed by atoms with Gasteiger partial charge in [0.15, 0.2) is 0 Å². The second kappa shape index (κ2) is 12.0. The van der Waals surface area contributed by atoms with Crippen LogP contribution in [-0.2, 0) is 23.7 Å². The van der Waals surface area contributed by atoms with Gasteiger partial charge in [0.2, 0.25) is 0 Å². The van der Waals surface area contributed by atoms with Crippen molar-refractivity contribution in [1.29, 1.82) is 0 Å². The van der Waals surface area contributed by atoms with Crippen LogP contribution in [0.15, 0.2) is 157 Å². The van der Waals surface area contributed by atoms with Crippen molar-refractivity contribution >= 4 is 5.69 Å². The number of hydrogen-bond acceptors (Lipinski definition) is 1. The van der Waals surface area contributed by atoms with Crippen molar-refractivity contribution in [3.63, 3.8) is 0 Å². The van der Waals surface area contributed by atoms with E-state index in [0.717, 1.165) is 18.4 Å². The molecule has 0 aliphatic carbocycles. The first-order valence-electron chi connectivity index (χ1n) is 14.5. The Morgan fingerprint density at radius 1 is 0.780 bits per heavy atom. The Morgan fingerprint density at radius 2 is 1.39 bits per heavy atom. The number of nitrogens with zero attached hydrogens (tertiary/aromatic N) is 1. The predicted molar refractivity (Wildman–Crippen MR) is 177 cm³/mol. The van der Waals surface area contributed by atoms with E-state index in [1.165, 1.54) is 39.2 Å². The van der Waals surface area contributed by atoms with E-state index in [0.29, 0.717) is 0 Å². The third-order valence-corrected chi connectivity index (χ3v) is 8.81. The summed E-state index contributed by atoms with van der Waals surface area (Å²) in [5.74, 6) is 0. The minimum Gasteiger partial charge on any atom is -0.347 e. The van der Waals surface area contributed by atoms with Gasteiger partial charge in [-0.05, 0) is 72.2 Å². The Morgan fingerprint density at radius 3 is 2.10 bits per heavy atom. The van der Waals surface area contributed by atoms with Gasteiger partial charge >= 0.3 is 0 Å². The lowest BCUT2D eigenvalue weighted by atomic mass is 9.70. The van der Waals surface area contributed by atoms with Gasteiger partial charge in [-0.25, -0.2) is 0 Å². The number of hydrogen-bond donors (Lipinski definition) is 0. The molecule has 1 aliphatic rings. The van der Waals surface area contributed by atoms with E-state index >= 15 is 0 Å². The molecular weight excluding hydrogens is 494 g/mol. The number of fused-ring (bicyclic) bond motifs is 1. The van der Waals surface area contributed by atoms with E-state index in [1.807, 2.05) is 0 Å². The van der Waals surface area contributed by atoms with Crippen LogP contribution in [0.5, 0.6) is 0 Å². The summed E-state index contributed by atoms with van der Waals surface area (Å²) in [4.78, 5) is 2.35. The largest absolute Gasteiger partial charge is 0.347 e. The van der Waals surface area contributed by atoms with Crippen molar-refractivity contribution in [2.24, 2.45) is 0 Å². The summed E-state index contributed by atoms with van der Waals surface area (Å²) < 4.78 is 0. The normalized spacial score (nSPS) is 19.1. The van der Waals surface area contributed by atoms with Crippen LogP contribution in [-0.4, -0.2) is 7.05 Å². The smallest absolute Gasteiger partial charge is 0.0448 e. The zero-order chi connectivity index (χ0) is 28.9. The SMILES string of the molecule is C=C(/C=C/C=C/C=C1/N(C)c2ccccc2C1(C)Cc1ccccc1)C(C)(Cc1ccccc1)c1ccccc1C. The summed E-state index contributed by atoms with van der Waals surface area (Å²) in [7, 11) is 2.18. The third-order valence-electron chi connectivity index (χ3n) is 8.81. The molecule has 2 atom stereocenters. The molecular formula is C40H41N. The number of allylic oxidation sites excluding steroid dienone is 7. The number of para-hydroxylation sites is 1. The summed E-state index contributed by atoms with van der Waals surface area (Å²) >= 11 is 0. The van der Waals surface area contributed by atoms with Crippen LogP contribution in [0.2, 0.25) is 0 Å². The van der Waals surface area contributed by atoms with Crippen LogP contribution >= 0.6 is 0 Å². The standard InChI is InChI=1S/C40H41N/c1-31-19-15-16-25-35(31)39(3,29-33-21-10-7-11-22-33)32(2)20-9-6-14-28-38-40(4,30-34-23-12-8-13-24-34)36-26-17-18-27-37(36)41(38)5/h6-28H,2,29-30H2,1,3-5H3/b14-6+,20-9+,38-28+. The molecule has 0 bridgehead atoms. The molecule has 4 aromatic carbocycles. The molecule has 1 heteroatoms. The summed E-state index contributed by atoms with van der Waals surface area (Å²) in [6.45, 7) is 11.5. The van der Waals surface area contributed by atoms with Gasteiger partial charge in [0.25, 0.3) is 0 Å². The minimum absolute atomic E-state index is 0.108. The van der Waals surface area contributed by atoms with Crippen molar-refractivity contribution in [2.45, 2.75) is 44.4 Å². The summed E-state index contributed by atoms with van der Waals surface area (Å²) in [5.41, 5.74) is 10.0. The fourth-order valence-electron chi connectivity index (χ4n) is 6.50. The molecule has 4 aromatic rings. The predicted octanol–water partition coefficient (Wildman–Crippen LogP) is 9.70. The van der Waals surface area contributed by atoms with Crippen LogP contribution in [0.4, 0.5) is 5.69 Å². The first kappa shape index (κ1) is 28.2. The fourth-order valence-corrected chi connectivity index (χ4v) is 6.50. The van der Waals surface area contributed by atoms with Crippen LogP contribution in [0, 0.1) is 6.92 Å². The Bertz CT molecular complexity index is 1590. The molecule has 2 unspecified atom stereocenters. The molecule has 0 N–H and O–H groups in total. The molecule has 0 fully saturated rings. The zero-order valence-corrected chi connectivity index (χ0v) is 24.8. The topological polar surface area (TPSA) is 3.24 Å². The van der Waals surface area contributed by atoms with Gasteiger partial charge in [0.05, 0.1) is 0 Å². The number of anilines is 1. The highest BCUT2D eigenvalue weighted by atomic mass is 15.2. The molecule has 206 valence electrons. The molecule has 0 saturated carbocycles. The van der Waals surface area contributed by atoms with Crippen molar-refractivity contribution in [3.05, 3.63) is 185 Å². The molecule has 1 aliphatic heterocycles. The lowest BCUT2D eigenvalue weighted by molar-refractivity contribution is 0.564. The monoisotopic (exact) mass is 535 g/mol. The molecule has 0 amide bonds. The Kier molecular flexibility index (Phi) is 8.26. The van der Waals surface area contributed by atoms with Gasteiger partial charge in [0.1, 0.15) is 0 Å². The number of rotatable bonds is 9. The van der Waals surface area contributed by atoms with Crippen molar-refractivity contribution < 1.29 is 0 Å². The fraction of sp³-hybridized carbons (Fsp3) is 0.200. The van der Waals surface area contributed by atoms with Crippen LogP contribution < -0.4 is 4.90 Å². The molecule has 1 nitrogen and oxygen atoms in total. The maximum Gasteiger partial charge on any atom is 0.0448 e. The molecule has 0 spiro atoms. The minimum atomic E-state index is -0.211. The highest BCUT2D eigenvalue weighted by Gasteiger charge is 2.41. The summed E-state index contributed by atoms with van der Waals surface area (Å²) in [6, 6.07) is 39.0. The molecule has 1 heterocycles. The molecule has 41 heavy (non-hydrogen) atoms. The Balaban J connectivity index is 1.41. The van der Waals surface area contributed by atoms with E-state index in [2.05, 4.69) is 179 Å². The van der Waals surface area contributed by atoms with E-state index < -0.39 is 0 Å². The zero-order valence-electron chi connectivity index (χ0n) is 24.8. The second-order valence-electron chi connectivity index (χ2n) is 11.7. The average Bonchev–Trinajstić information content (AvgIpc) is 3.19. The van der Waals surface area contributed by atoms with E-state index in [1.54, 1.807) is 0 Å². The second-order valence-corrected chi connectivity index (χ2v) is 11.7. The summed E-state index contributed by atoms with van der Waals surface area (Å²) in [5, 5.41) is 0. The van der Waals surface area contributed by atoms with E-state index in [9.17, 15) is 0 Å². The quantitative estimate of drug-likeness (QED) is 0.193. The highest BCUT2D eigenvalue weighted by Crippen LogP contribution is 2.48. The van der Waals surface area contributed by atoms with Crippen molar-refractivity contribution in [2.75, 3.05) is 11.9 Å². The third kappa shape index (κ3) is 5.77. The van der Waals surface area contributed by atoms with Crippen LogP contribution in [0.1, 0.15) is 41.7 Å². The van der Waals surface area contributed by atoms with Gasteiger partial charge in [-0.3, -0.25) is 0 Å². The van der Waals surface area contributed by atoms with E-state index in [-0.39, 0.29) is 10.8 Å². The van der Waals surface area contributed by atoms with E-state index in [4.69, 9.17) is 0 Å². The van der Waals surface area contributed by atoms with Crippen molar-refractivity contribution in [3.8, 4) is 0 Å². The van der Waals surface area contributed by atoms with Crippen LogP contribution in [0.25, 0.3) is 0 Å². The van der Waals surface area contributed by atoms with Gasteiger partial charge < -0.3 is 4.90 Å². The van der Waals surface area contributed by atoms with Gasteiger partial charge in [-0.2, -0.15) is 0 Å². The Hall–Kier alpha value is -4.36. The first-order chi connectivity index (χ1) is 19.8. The highest BCUT2D eigenvalue weighted by molar-refractivity contribution is 5.71. The number of benzene rings is 4. The lowest BCUT2D eigenvalue weighted by Gasteiger charge is -2.33. The Labute approximate surface area is 246 Å². The molecule has 0 radical (unpaired) electrons. The number of likely N-dealkylation sites (N-methyl/N-ethyl adjacent to an activating group) is 1. The molecule has 5 rings (SSSR count). The lowest BCUT2D eigenvalue weighted by Crippen LogP contribution is -2.28. The van der Waals surface area contributed by atoms with Gasteiger partial charge in [0, 0.05) is 29.3 Å². The average molecular weight is 536 g/mol. The van der Waals surface area contributed by atoms with Gasteiger partial charge in [-0.15, -0.1) is 0 Å².